The molecule has 3 aromatic rings. The topological polar surface area (TPSA) is 71.3 Å². The molecule has 29 heavy (non-hydrogen) atoms. The van der Waals surface area contributed by atoms with E-state index in [1.54, 1.807) is 0 Å². The number of rotatable bonds is 3. The Morgan fingerprint density at radius 3 is 2.83 bits per heavy atom. The standard InChI is InChI=1S/C23H26N4O2/c1-15-7-4-9-18(13-15)21-25-22(29-26-21)19-10-6-12-27(14-19)23(28)24-20-11-5-8-16(2)17(20)3/h4-5,7-9,11,13,19H,6,10,12,14H2,1-3H3,(H,24,28)/t19-/m1/s1. The Labute approximate surface area is 170 Å². The van der Waals surface area contributed by atoms with Gasteiger partial charge in [0.25, 0.3) is 0 Å². The summed E-state index contributed by atoms with van der Waals surface area (Å²) in [5.41, 5.74) is 5.21. The van der Waals surface area contributed by atoms with Crippen molar-refractivity contribution >= 4 is 11.7 Å². The molecule has 2 aromatic carbocycles. The fraction of sp³-hybridized carbons (Fsp3) is 0.348. The van der Waals surface area contributed by atoms with Gasteiger partial charge in [0.2, 0.25) is 11.7 Å². The van der Waals surface area contributed by atoms with Crippen molar-refractivity contribution in [1.29, 1.82) is 0 Å². The van der Waals surface area contributed by atoms with Crippen LogP contribution in [0.5, 0.6) is 0 Å². The van der Waals surface area contributed by atoms with Crippen LogP contribution in [-0.4, -0.2) is 34.2 Å². The van der Waals surface area contributed by atoms with Crippen molar-refractivity contribution in [1.82, 2.24) is 15.0 Å². The van der Waals surface area contributed by atoms with Crippen LogP contribution < -0.4 is 5.32 Å². The summed E-state index contributed by atoms with van der Waals surface area (Å²) in [5, 5.41) is 7.21. The van der Waals surface area contributed by atoms with E-state index in [1.807, 2.05) is 68.1 Å². The summed E-state index contributed by atoms with van der Waals surface area (Å²) >= 11 is 0. The van der Waals surface area contributed by atoms with Crippen LogP contribution in [0.1, 0.15) is 41.3 Å². The van der Waals surface area contributed by atoms with Crippen molar-refractivity contribution in [3.63, 3.8) is 0 Å². The number of amides is 2. The predicted molar refractivity (Wildman–Crippen MR) is 113 cm³/mol. The molecule has 0 aliphatic carbocycles. The van der Waals surface area contributed by atoms with E-state index in [0.29, 0.717) is 18.3 Å². The number of aromatic nitrogens is 2. The second kappa shape index (κ2) is 8.07. The van der Waals surface area contributed by atoms with E-state index in [0.717, 1.165) is 47.3 Å². The fourth-order valence-corrected chi connectivity index (χ4v) is 3.75. The highest BCUT2D eigenvalue weighted by atomic mass is 16.5. The van der Waals surface area contributed by atoms with Crippen LogP contribution in [0, 0.1) is 20.8 Å². The molecule has 1 aliphatic heterocycles. The minimum Gasteiger partial charge on any atom is -0.339 e. The van der Waals surface area contributed by atoms with Crippen LogP contribution in [0.3, 0.4) is 0 Å². The molecule has 6 nitrogen and oxygen atoms in total. The second-order valence-corrected chi connectivity index (χ2v) is 7.79. The Morgan fingerprint density at radius 1 is 1.17 bits per heavy atom. The molecule has 2 heterocycles. The molecular formula is C23H26N4O2. The summed E-state index contributed by atoms with van der Waals surface area (Å²) in [6.07, 6.45) is 1.84. The van der Waals surface area contributed by atoms with Gasteiger partial charge in [0.05, 0.1) is 5.92 Å². The zero-order valence-electron chi connectivity index (χ0n) is 17.1. The van der Waals surface area contributed by atoms with Crippen molar-refractivity contribution in [2.45, 2.75) is 39.5 Å². The number of nitrogens with one attached hydrogen (secondary N) is 1. The Balaban J connectivity index is 1.46. The van der Waals surface area contributed by atoms with Crippen molar-refractivity contribution in [2.24, 2.45) is 0 Å². The van der Waals surface area contributed by atoms with E-state index in [9.17, 15) is 4.79 Å². The smallest absolute Gasteiger partial charge is 0.321 e. The summed E-state index contributed by atoms with van der Waals surface area (Å²) in [5.74, 6) is 1.26. The molecule has 1 fully saturated rings. The largest absolute Gasteiger partial charge is 0.339 e. The van der Waals surface area contributed by atoms with Gasteiger partial charge in [-0.3, -0.25) is 0 Å². The number of anilines is 1. The third-order valence-electron chi connectivity index (χ3n) is 5.62. The van der Waals surface area contributed by atoms with Gasteiger partial charge in [-0.05, 0) is 56.9 Å². The highest BCUT2D eigenvalue weighted by Crippen LogP contribution is 2.28. The molecule has 150 valence electrons. The number of benzene rings is 2. The molecule has 0 bridgehead atoms. The molecule has 1 aromatic heterocycles. The maximum atomic E-state index is 12.8. The van der Waals surface area contributed by atoms with Gasteiger partial charge in [0, 0.05) is 24.3 Å². The molecule has 0 saturated carbocycles. The lowest BCUT2D eigenvalue weighted by atomic mass is 9.98. The first-order valence-corrected chi connectivity index (χ1v) is 10.0. The lowest BCUT2D eigenvalue weighted by molar-refractivity contribution is 0.184. The van der Waals surface area contributed by atoms with E-state index in [-0.39, 0.29) is 11.9 Å². The van der Waals surface area contributed by atoms with Gasteiger partial charge in [0.1, 0.15) is 0 Å². The van der Waals surface area contributed by atoms with Crippen LogP contribution in [0.4, 0.5) is 10.5 Å². The zero-order valence-corrected chi connectivity index (χ0v) is 17.1. The molecule has 1 atom stereocenters. The van der Waals surface area contributed by atoms with Crippen LogP contribution in [-0.2, 0) is 0 Å². The number of carbonyl (C=O) groups is 1. The molecule has 0 unspecified atom stereocenters. The molecule has 6 heteroatoms. The lowest BCUT2D eigenvalue weighted by Gasteiger charge is -2.31. The lowest BCUT2D eigenvalue weighted by Crippen LogP contribution is -2.41. The second-order valence-electron chi connectivity index (χ2n) is 7.79. The third-order valence-corrected chi connectivity index (χ3v) is 5.62. The van der Waals surface area contributed by atoms with Gasteiger partial charge in [0.15, 0.2) is 0 Å². The summed E-state index contributed by atoms with van der Waals surface area (Å²) in [6, 6.07) is 13.9. The Morgan fingerprint density at radius 2 is 2.00 bits per heavy atom. The van der Waals surface area contributed by atoms with Gasteiger partial charge in [-0.25, -0.2) is 4.79 Å². The molecule has 0 spiro atoms. The summed E-state index contributed by atoms with van der Waals surface area (Å²) < 4.78 is 5.56. The first kappa shape index (κ1) is 19.2. The number of urea groups is 1. The fourth-order valence-electron chi connectivity index (χ4n) is 3.75. The number of carbonyl (C=O) groups excluding carboxylic acids is 1. The Bertz CT molecular complexity index is 1030. The highest BCUT2D eigenvalue weighted by Gasteiger charge is 2.29. The minimum absolute atomic E-state index is 0.0548. The number of nitrogens with zero attached hydrogens (tertiary/aromatic N) is 3. The van der Waals surface area contributed by atoms with Gasteiger partial charge in [-0.15, -0.1) is 0 Å². The normalized spacial score (nSPS) is 16.7. The summed E-state index contributed by atoms with van der Waals surface area (Å²) in [4.78, 5) is 19.3. The van der Waals surface area contributed by atoms with E-state index in [4.69, 9.17) is 4.52 Å². The molecular weight excluding hydrogens is 364 g/mol. The SMILES string of the molecule is Cc1cccc(-c2noc([C@@H]3CCCN(C(=O)Nc4cccc(C)c4C)C3)n2)c1. The Kier molecular flexibility index (Phi) is 5.34. The number of aryl methyl sites for hydroxylation is 2. The van der Waals surface area contributed by atoms with Crippen molar-refractivity contribution in [2.75, 3.05) is 18.4 Å². The number of piperidine rings is 1. The first-order chi connectivity index (χ1) is 14.0. The average Bonchev–Trinajstić information content (AvgIpc) is 3.22. The number of hydrogen-bond acceptors (Lipinski definition) is 4. The molecule has 0 radical (unpaired) electrons. The maximum Gasteiger partial charge on any atom is 0.321 e. The first-order valence-electron chi connectivity index (χ1n) is 10.0. The van der Waals surface area contributed by atoms with E-state index < -0.39 is 0 Å². The van der Waals surface area contributed by atoms with Crippen LogP contribution in [0.2, 0.25) is 0 Å². The number of hydrogen-bond donors (Lipinski definition) is 1. The van der Waals surface area contributed by atoms with Gasteiger partial charge in [-0.2, -0.15) is 4.98 Å². The predicted octanol–water partition coefficient (Wildman–Crippen LogP) is 5.07. The zero-order chi connectivity index (χ0) is 20.4. The monoisotopic (exact) mass is 390 g/mol. The molecule has 1 N–H and O–H groups in total. The van der Waals surface area contributed by atoms with Crippen molar-refractivity contribution in [3.05, 3.63) is 65.0 Å². The van der Waals surface area contributed by atoms with Crippen LogP contribution >= 0.6 is 0 Å². The van der Waals surface area contributed by atoms with Gasteiger partial charge >= 0.3 is 6.03 Å². The van der Waals surface area contributed by atoms with Gasteiger partial charge in [-0.1, -0.05) is 41.1 Å². The Hall–Kier alpha value is -3.15. The summed E-state index contributed by atoms with van der Waals surface area (Å²) in [7, 11) is 0. The third kappa shape index (κ3) is 4.16. The van der Waals surface area contributed by atoms with Crippen LogP contribution in [0.25, 0.3) is 11.4 Å². The quantitative estimate of drug-likeness (QED) is 0.677. The van der Waals surface area contributed by atoms with Gasteiger partial charge < -0.3 is 14.7 Å². The van der Waals surface area contributed by atoms with E-state index >= 15 is 0 Å². The average molecular weight is 390 g/mol. The van der Waals surface area contributed by atoms with Crippen molar-refractivity contribution < 1.29 is 9.32 Å². The summed E-state index contributed by atoms with van der Waals surface area (Å²) in [6.45, 7) is 7.41. The molecule has 1 aliphatic rings. The van der Waals surface area contributed by atoms with E-state index in [2.05, 4.69) is 15.5 Å². The highest BCUT2D eigenvalue weighted by molar-refractivity contribution is 5.90. The molecule has 1 saturated heterocycles. The minimum atomic E-state index is -0.0816. The van der Waals surface area contributed by atoms with Crippen LogP contribution in [0.15, 0.2) is 47.0 Å². The molecule has 2 amide bonds. The number of likely N-dealkylation sites (tertiary alicyclic amines) is 1. The van der Waals surface area contributed by atoms with Crippen molar-refractivity contribution in [3.8, 4) is 11.4 Å². The maximum absolute atomic E-state index is 12.8. The van der Waals surface area contributed by atoms with E-state index in [1.165, 1.54) is 0 Å². The molecule has 4 rings (SSSR count).